The molecule has 1 aromatic carbocycles. The molecule has 0 spiro atoms. The van der Waals surface area contributed by atoms with Gasteiger partial charge in [-0.05, 0) is 37.1 Å². The van der Waals surface area contributed by atoms with Crippen LogP contribution in [0.5, 0.6) is 0 Å². The van der Waals surface area contributed by atoms with E-state index in [0.29, 0.717) is 0 Å². The molecular formula is C12H14FNO4S2. The van der Waals surface area contributed by atoms with Crippen LogP contribution >= 0.6 is 0 Å². The summed E-state index contributed by atoms with van der Waals surface area (Å²) in [6, 6.07) is 1.46. The monoisotopic (exact) mass is 319 g/mol. The SMILES string of the molecule is Cc1cc(F)cc(C)c1S(=O)(=O)NC1C=CS(=O)(=O)C1. The minimum absolute atomic E-state index is 0.0170. The summed E-state index contributed by atoms with van der Waals surface area (Å²) in [5.41, 5.74) is 0.555. The third-order valence-corrected chi connectivity index (χ3v) is 6.12. The minimum atomic E-state index is -3.90. The Morgan fingerprint density at radius 1 is 1.25 bits per heavy atom. The fourth-order valence-corrected chi connectivity index (χ4v) is 5.21. The van der Waals surface area contributed by atoms with Crippen LogP contribution in [0.1, 0.15) is 11.1 Å². The first-order chi connectivity index (χ1) is 9.11. The molecule has 0 radical (unpaired) electrons. The molecule has 1 atom stereocenters. The summed E-state index contributed by atoms with van der Waals surface area (Å²) < 4.78 is 62.6. The van der Waals surface area contributed by atoms with E-state index in [-0.39, 0.29) is 21.8 Å². The highest BCUT2D eigenvalue weighted by Crippen LogP contribution is 2.22. The molecule has 0 aromatic heterocycles. The van der Waals surface area contributed by atoms with Crippen molar-refractivity contribution in [2.45, 2.75) is 24.8 Å². The highest BCUT2D eigenvalue weighted by Gasteiger charge is 2.28. The molecule has 1 N–H and O–H groups in total. The Morgan fingerprint density at radius 3 is 2.25 bits per heavy atom. The maximum absolute atomic E-state index is 13.2. The Bertz CT molecular complexity index is 759. The number of benzene rings is 1. The second-order valence-corrected chi connectivity index (χ2v) is 8.34. The van der Waals surface area contributed by atoms with Gasteiger partial charge >= 0.3 is 0 Å². The molecule has 1 aliphatic rings. The first kappa shape index (κ1) is 15.1. The van der Waals surface area contributed by atoms with Crippen LogP contribution in [0.2, 0.25) is 0 Å². The third-order valence-electron chi connectivity index (χ3n) is 2.93. The van der Waals surface area contributed by atoms with Crippen LogP contribution in [-0.4, -0.2) is 28.6 Å². The quantitative estimate of drug-likeness (QED) is 0.902. The van der Waals surface area contributed by atoms with Crippen LogP contribution in [0.4, 0.5) is 4.39 Å². The second-order valence-electron chi connectivity index (χ2n) is 4.75. The fourth-order valence-electron chi connectivity index (χ4n) is 2.23. The molecule has 1 heterocycles. The van der Waals surface area contributed by atoms with Gasteiger partial charge in [0, 0.05) is 5.41 Å². The number of sulfonamides is 1. The number of halogens is 1. The van der Waals surface area contributed by atoms with Gasteiger partial charge in [-0.1, -0.05) is 6.08 Å². The zero-order valence-electron chi connectivity index (χ0n) is 10.9. The molecule has 0 fully saturated rings. The number of sulfone groups is 1. The van der Waals surface area contributed by atoms with Gasteiger partial charge in [-0.2, -0.15) is 0 Å². The summed E-state index contributed by atoms with van der Waals surface area (Å²) in [5.74, 6) is -0.812. The topological polar surface area (TPSA) is 80.3 Å². The predicted octanol–water partition coefficient (Wildman–Crippen LogP) is 1.03. The van der Waals surface area contributed by atoms with Crippen LogP contribution in [0.3, 0.4) is 0 Å². The highest BCUT2D eigenvalue weighted by molar-refractivity contribution is 7.94. The lowest BCUT2D eigenvalue weighted by molar-refractivity contribution is 0.572. The number of hydrogen-bond acceptors (Lipinski definition) is 4. The summed E-state index contributed by atoms with van der Waals surface area (Å²) in [4.78, 5) is -0.0170. The molecule has 110 valence electrons. The second kappa shape index (κ2) is 4.94. The van der Waals surface area contributed by atoms with E-state index in [4.69, 9.17) is 0 Å². The van der Waals surface area contributed by atoms with Gasteiger partial charge in [0.1, 0.15) is 5.82 Å². The third kappa shape index (κ3) is 3.08. The van der Waals surface area contributed by atoms with E-state index in [1.165, 1.54) is 19.9 Å². The maximum atomic E-state index is 13.2. The number of aryl methyl sites for hydroxylation is 2. The molecule has 0 bridgehead atoms. The lowest BCUT2D eigenvalue weighted by Crippen LogP contribution is -2.36. The lowest BCUT2D eigenvalue weighted by atomic mass is 10.1. The Labute approximate surface area is 117 Å². The summed E-state index contributed by atoms with van der Waals surface area (Å²) in [6.45, 7) is 2.98. The van der Waals surface area contributed by atoms with E-state index in [0.717, 1.165) is 17.5 Å². The Balaban J connectivity index is 2.36. The maximum Gasteiger partial charge on any atom is 0.241 e. The zero-order valence-corrected chi connectivity index (χ0v) is 12.6. The van der Waals surface area contributed by atoms with Gasteiger partial charge < -0.3 is 0 Å². The Kier molecular flexibility index (Phi) is 3.74. The summed E-state index contributed by atoms with van der Waals surface area (Å²) in [7, 11) is -7.25. The normalized spacial score (nSPS) is 21.2. The first-order valence-corrected chi connectivity index (χ1v) is 9.01. The van der Waals surface area contributed by atoms with Crippen LogP contribution in [0, 0.1) is 19.7 Å². The highest BCUT2D eigenvalue weighted by atomic mass is 32.2. The molecular weight excluding hydrogens is 305 g/mol. The van der Waals surface area contributed by atoms with Crippen molar-refractivity contribution < 1.29 is 21.2 Å². The average molecular weight is 319 g/mol. The molecule has 5 nitrogen and oxygen atoms in total. The fraction of sp³-hybridized carbons (Fsp3) is 0.333. The van der Waals surface area contributed by atoms with Gasteiger partial charge in [0.2, 0.25) is 10.0 Å². The van der Waals surface area contributed by atoms with Gasteiger partial charge in [0.05, 0.1) is 16.7 Å². The molecule has 0 amide bonds. The van der Waals surface area contributed by atoms with Crippen LogP contribution < -0.4 is 4.72 Å². The van der Waals surface area contributed by atoms with E-state index < -0.39 is 31.7 Å². The van der Waals surface area contributed by atoms with Crippen molar-refractivity contribution in [3.8, 4) is 0 Å². The number of nitrogens with one attached hydrogen (secondary N) is 1. The molecule has 1 aromatic rings. The van der Waals surface area contributed by atoms with Crippen LogP contribution in [0.25, 0.3) is 0 Å². The molecule has 2 rings (SSSR count). The Hall–Kier alpha value is -1.25. The van der Waals surface area contributed by atoms with Gasteiger partial charge in [-0.25, -0.2) is 25.9 Å². The first-order valence-electron chi connectivity index (χ1n) is 5.81. The minimum Gasteiger partial charge on any atom is -0.224 e. The largest absolute Gasteiger partial charge is 0.241 e. The van der Waals surface area contributed by atoms with Crippen molar-refractivity contribution >= 4 is 19.9 Å². The van der Waals surface area contributed by atoms with E-state index in [9.17, 15) is 21.2 Å². The van der Waals surface area contributed by atoms with Gasteiger partial charge in [0.25, 0.3) is 0 Å². The molecule has 0 saturated carbocycles. The van der Waals surface area contributed by atoms with Crippen molar-refractivity contribution in [1.82, 2.24) is 4.72 Å². The lowest BCUT2D eigenvalue weighted by Gasteiger charge is -2.15. The number of rotatable bonds is 3. The van der Waals surface area contributed by atoms with Gasteiger partial charge in [-0.3, -0.25) is 0 Å². The van der Waals surface area contributed by atoms with Gasteiger partial charge in [-0.15, -0.1) is 0 Å². The zero-order chi connectivity index (χ0) is 15.1. The summed E-state index contributed by atoms with van der Waals surface area (Å²) in [5, 5.41) is 0.991. The van der Waals surface area contributed by atoms with Crippen LogP contribution in [0.15, 0.2) is 28.5 Å². The summed E-state index contributed by atoms with van der Waals surface area (Å²) in [6.07, 6.45) is 1.29. The van der Waals surface area contributed by atoms with E-state index in [2.05, 4.69) is 4.72 Å². The number of hydrogen-bond donors (Lipinski definition) is 1. The molecule has 20 heavy (non-hydrogen) atoms. The van der Waals surface area contributed by atoms with Crippen molar-refractivity contribution in [3.05, 3.63) is 40.6 Å². The van der Waals surface area contributed by atoms with E-state index in [1.54, 1.807) is 0 Å². The molecule has 0 saturated heterocycles. The van der Waals surface area contributed by atoms with Crippen LogP contribution in [-0.2, 0) is 19.9 Å². The van der Waals surface area contributed by atoms with Crippen molar-refractivity contribution in [2.24, 2.45) is 0 Å². The molecule has 8 heteroatoms. The van der Waals surface area contributed by atoms with E-state index in [1.807, 2.05) is 0 Å². The predicted molar refractivity (Wildman–Crippen MR) is 72.9 cm³/mol. The smallest absolute Gasteiger partial charge is 0.224 e. The summed E-state index contributed by atoms with van der Waals surface area (Å²) >= 11 is 0. The van der Waals surface area contributed by atoms with E-state index >= 15 is 0 Å². The molecule has 1 unspecified atom stereocenters. The standard InChI is InChI=1S/C12H14FNO4S2/c1-8-5-10(13)6-9(2)12(8)20(17,18)14-11-3-4-19(15,16)7-11/h3-6,11,14H,7H2,1-2H3. The van der Waals surface area contributed by atoms with Crippen molar-refractivity contribution in [2.75, 3.05) is 5.75 Å². The van der Waals surface area contributed by atoms with Gasteiger partial charge in [0.15, 0.2) is 9.84 Å². The molecule has 0 aliphatic carbocycles. The van der Waals surface area contributed by atoms with Crippen molar-refractivity contribution in [3.63, 3.8) is 0 Å². The van der Waals surface area contributed by atoms with Crippen molar-refractivity contribution in [1.29, 1.82) is 0 Å². The average Bonchev–Trinajstić information content (AvgIpc) is 2.54. The molecule has 1 aliphatic heterocycles. The Morgan fingerprint density at radius 2 is 1.80 bits per heavy atom.